The molecule has 6 heteroatoms. The highest BCUT2D eigenvalue weighted by atomic mass is 32.2. The fraction of sp³-hybridized carbons (Fsp3) is 0.733. The molecular formula is C15H29N3O2S. The number of hydrogen-bond acceptors (Lipinski definition) is 3. The van der Waals surface area contributed by atoms with Crippen LogP contribution < -0.4 is 5.32 Å². The number of aryl methyl sites for hydroxylation is 1. The van der Waals surface area contributed by atoms with Crippen LogP contribution in [0.25, 0.3) is 0 Å². The molecule has 122 valence electrons. The highest BCUT2D eigenvalue weighted by Crippen LogP contribution is 2.19. The Morgan fingerprint density at radius 1 is 1.29 bits per heavy atom. The van der Waals surface area contributed by atoms with E-state index in [0.717, 1.165) is 12.2 Å². The van der Waals surface area contributed by atoms with Gasteiger partial charge < -0.3 is 9.88 Å². The van der Waals surface area contributed by atoms with Crippen LogP contribution in [0.3, 0.4) is 0 Å². The summed E-state index contributed by atoms with van der Waals surface area (Å²) >= 11 is 0. The van der Waals surface area contributed by atoms with Gasteiger partial charge in [0.25, 0.3) is 0 Å². The molecule has 0 aromatic carbocycles. The van der Waals surface area contributed by atoms with Crippen molar-refractivity contribution in [3.05, 3.63) is 18.0 Å². The van der Waals surface area contributed by atoms with Crippen LogP contribution in [-0.4, -0.2) is 36.9 Å². The maximum atomic E-state index is 12.6. The maximum absolute atomic E-state index is 12.6. The molecule has 0 spiro atoms. The highest BCUT2D eigenvalue weighted by Gasteiger charge is 2.23. The lowest BCUT2D eigenvalue weighted by molar-refractivity contribution is 0.417. The molecule has 5 nitrogen and oxygen atoms in total. The third-order valence-corrected chi connectivity index (χ3v) is 5.11. The molecule has 1 rings (SSSR count). The van der Waals surface area contributed by atoms with Gasteiger partial charge in [0, 0.05) is 44.6 Å². The summed E-state index contributed by atoms with van der Waals surface area (Å²) < 4.78 is 28.6. The molecule has 0 atom stereocenters. The van der Waals surface area contributed by atoms with Gasteiger partial charge in [-0.15, -0.1) is 0 Å². The monoisotopic (exact) mass is 315 g/mol. The van der Waals surface area contributed by atoms with E-state index in [1.165, 1.54) is 4.31 Å². The van der Waals surface area contributed by atoms with Gasteiger partial charge in [-0.05, 0) is 18.9 Å². The number of nitrogens with zero attached hydrogens (tertiary/aromatic N) is 2. The van der Waals surface area contributed by atoms with E-state index in [1.54, 1.807) is 19.3 Å². The molecule has 0 fully saturated rings. The van der Waals surface area contributed by atoms with Gasteiger partial charge >= 0.3 is 0 Å². The average Bonchev–Trinajstić information content (AvgIpc) is 2.79. The number of rotatable bonds is 8. The van der Waals surface area contributed by atoms with Gasteiger partial charge in [0.1, 0.15) is 4.90 Å². The van der Waals surface area contributed by atoms with Crippen molar-refractivity contribution in [2.75, 3.05) is 13.6 Å². The van der Waals surface area contributed by atoms with Crippen LogP contribution in [0.4, 0.5) is 0 Å². The van der Waals surface area contributed by atoms with Crippen molar-refractivity contribution >= 4 is 10.0 Å². The minimum atomic E-state index is -3.40. The Morgan fingerprint density at radius 2 is 1.90 bits per heavy atom. The van der Waals surface area contributed by atoms with E-state index in [0.29, 0.717) is 29.9 Å². The largest absolute Gasteiger partial charge is 0.349 e. The molecule has 0 aliphatic heterocycles. The predicted octanol–water partition coefficient (Wildman–Crippen LogP) is 2.28. The second-order valence-corrected chi connectivity index (χ2v) is 8.21. The summed E-state index contributed by atoms with van der Waals surface area (Å²) in [6, 6.07) is 2.15. The van der Waals surface area contributed by atoms with Crippen molar-refractivity contribution in [1.82, 2.24) is 14.2 Å². The first kappa shape index (κ1) is 18.2. The molecule has 1 aromatic rings. The van der Waals surface area contributed by atoms with Crippen LogP contribution in [-0.2, 0) is 23.1 Å². The van der Waals surface area contributed by atoms with E-state index >= 15 is 0 Å². The van der Waals surface area contributed by atoms with E-state index in [4.69, 9.17) is 0 Å². The molecule has 1 N–H and O–H groups in total. The zero-order valence-electron chi connectivity index (χ0n) is 14.0. The molecule has 1 heterocycles. The minimum absolute atomic E-state index is 0.306. The van der Waals surface area contributed by atoms with Gasteiger partial charge in [-0.1, -0.05) is 27.7 Å². The second kappa shape index (κ2) is 7.42. The van der Waals surface area contributed by atoms with E-state index in [9.17, 15) is 8.42 Å². The summed E-state index contributed by atoms with van der Waals surface area (Å²) in [6.45, 7) is 12.2. The van der Waals surface area contributed by atoms with Gasteiger partial charge in [0.2, 0.25) is 10.0 Å². The lowest BCUT2D eigenvalue weighted by Gasteiger charge is -2.18. The molecule has 0 saturated heterocycles. The standard InChI is InChI=1S/C15H29N3O2S/c1-7-18-11-15(8-14(18)9-16-13(4)5)21(19,20)17(6)10-12(2)3/h8,11-13,16H,7,9-10H2,1-6H3. The molecule has 21 heavy (non-hydrogen) atoms. The van der Waals surface area contributed by atoms with Crippen LogP contribution in [0.5, 0.6) is 0 Å². The first-order chi connectivity index (χ1) is 9.68. The van der Waals surface area contributed by atoms with Crippen LogP contribution in [0.2, 0.25) is 0 Å². The van der Waals surface area contributed by atoms with Crippen molar-refractivity contribution in [3.8, 4) is 0 Å². The Morgan fingerprint density at radius 3 is 2.38 bits per heavy atom. The first-order valence-electron chi connectivity index (χ1n) is 7.57. The van der Waals surface area contributed by atoms with Crippen LogP contribution in [0.1, 0.15) is 40.3 Å². The smallest absolute Gasteiger partial charge is 0.244 e. The predicted molar refractivity (Wildman–Crippen MR) is 86.7 cm³/mol. The number of nitrogens with one attached hydrogen (secondary N) is 1. The van der Waals surface area contributed by atoms with E-state index in [2.05, 4.69) is 19.2 Å². The summed E-state index contributed by atoms with van der Waals surface area (Å²) in [5, 5.41) is 3.33. The molecule has 0 amide bonds. The van der Waals surface area contributed by atoms with Crippen molar-refractivity contribution in [2.45, 2.75) is 58.6 Å². The van der Waals surface area contributed by atoms with Crippen LogP contribution >= 0.6 is 0 Å². The molecule has 0 saturated carbocycles. The molecule has 0 aliphatic carbocycles. The molecule has 0 bridgehead atoms. The lowest BCUT2D eigenvalue weighted by atomic mass is 10.2. The molecular weight excluding hydrogens is 286 g/mol. The second-order valence-electron chi connectivity index (χ2n) is 6.17. The summed E-state index contributed by atoms with van der Waals surface area (Å²) in [7, 11) is -1.76. The fourth-order valence-electron chi connectivity index (χ4n) is 2.21. The summed E-state index contributed by atoms with van der Waals surface area (Å²) in [4.78, 5) is 0.382. The average molecular weight is 315 g/mol. The number of sulfonamides is 1. The quantitative estimate of drug-likeness (QED) is 0.801. The van der Waals surface area contributed by atoms with Gasteiger partial charge in [-0.25, -0.2) is 12.7 Å². The number of hydrogen-bond donors (Lipinski definition) is 1. The van der Waals surface area contributed by atoms with Crippen molar-refractivity contribution in [2.24, 2.45) is 5.92 Å². The lowest BCUT2D eigenvalue weighted by Crippen LogP contribution is -2.30. The van der Waals surface area contributed by atoms with Gasteiger partial charge in [-0.3, -0.25) is 0 Å². The Bertz CT molecular complexity index is 547. The van der Waals surface area contributed by atoms with Gasteiger partial charge in [0.05, 0.1) is 0 Å². The minimum Gasteiger partial charge on any atom is -0.349 e. The van der Waals surface area contributed by atoms with Crippen LogP contribution in [0, 0.1) is 5.92 Å². The Kier molecular flexibility index (Phi) is 6.43. The Hall–Kier alpha value is -0.850. The van der Waals surface area contributed by atoms with Crippen LogP contribution in [0.15, 0.2) is 17.2 Å². The maximum Gasteiger partial charge on any atom is 0.244 e. The van der Waals surface area contributed by atoms with Crippen molar-refractivity contribution in [3.63, 3.8) is 0 Å². The van der Waals surface area contributed by atoms with Gasteiger partial charge in [-0.2, -0.15) is 0 Å². The van der Waals surface area contributed by atoms with Crippen molar-refractivity contribution in [1.29, 1.82) is 0 Å². The zero-order chi connectivity index (χ0) is 16.2. The third kappa shape index (κ3) is 4.83. The summed E-state index contributed by atoms with van der Waals surface area (Å²) in [5.74, 6) is 0.306. The Labute approximate surface area is 129 Å². The Balaban J connectivity index is 3.02. The SMILES string of the molecule is CCn1cc(S(=O)(=O)N(C)CC(C)C)cc1CNC(C)C. The third-order valence-electron chi connectivity index (χ3n) is 3.32. The van der Waals surface area contributed by atoms with Gasteiger partial charge in [0.15, 0.2) is 0 Å². The summed E-state index contributed by atoms with van der Waals surface area (Å²) in [6.07, 6.45) is 1.74. The van der Waals surface area contributed by atoms with E-state index in [-0.39, 0.29) is 0 Å². The zero-order valence-corrected chi connectivity index (χ0v) is 14.9. The molecule has 0 radical (unpaired) electrons. The molecule has 0 aliphatic rings. The summed E-state index contributed by atoms with van der Waals surface area (Å²) in [5.41, 5.74) is 1.00. The first-order valence-corrected chi connectivity index (χ1v) is 9.01. The molecule has 1 aromatic heterocycles. The van der Waals surface area contributed by atoms with E-state index < -0.39 is 10.0 Å². The normalized spacial score (nSPS) is 12.8. The fourth-order valence-corrected chi connectivity index (χ4v) is 3.61. The highest BCUT2D eigenvalue weighted by molar-refractivity contribution is 7.89. The number of aromatic nitrogens is 1. The molecule has 0 unspecified atom stereocenters. The topological polar surface area (TPSA) is 54.3 Å². The van der Waals surface area contributed by atoms with E-state index in [1.807, 2.05) is 25.3 Å². The van der Waals surface area contributed by atoms with Crippen molar-refractivity contribution < 1.29 is 8.42 Å².